The smallest absolute Gasteiger partial charge is 0.126 e. The van der Waals surface area contributed by atoms with E-state index in [2.05, 4.69) is 18.9 Å². The molecular weight excluding hydrogens is 242 g/mol. The van der Waals surface area contributed by atoms with Crippen molar-refractivity contribution in [2.45, 2.75) is 37.5 Å². The van der Waals surface area contributed by atoms with Crippen LogP contribution in [0.4, 0.5) is 0 Å². The van der Waals surface area contributed by atoms with Crippen molar-refractivity contribution in [2.24, 2.45) is 0 Å². The zero-order valence-corrected chi connectivity index (χ0v) is 11.7. The maximum atomic E-state index is 10.4. The minimum atomic E-state index is -0.474. The molecular formula is C15H21NO3. The second-order valence-corrected chi connectivity index (χ2v) is 5.88. The molecule has 0 radical (unpaired) electrons. The minimum absolute atomic E-state index is 0.241. The number of ether oxygens (including phenoxy) is 2. The van der Waals surface area contributed by atoms with E-state index in [0.29, 0.717) is 12.5 Å². The van der Waals surface area contributed by atoms with Crippen LogP contribution in [0.15, 0.2) is 18.2 Å². The highest BCUT2D eigenvalue weighted by Crippen LogP contribution is 2.45. The topological polar surface area (TPSA) is 41.9 Å². The first-order valence-corrected chi connectivity index (χ1v) is 6.78. The molecule has 0 aromatic heterocycles. The normalized spacial score (nSPS) is 34.1. The van der Waals surface area contributed by atoms with Gasteiger partial charge in [0.05, 0.1) is 13.2 Å². The summed E-state index contributed by atoms with van der Waals surface area (Å²) in [6, 6.07) is 6.15. The fourth-order valence-corrected chi connectivity index (χ4v) is 3.34. The van der Waals surface area contributed by atoms with Gasteiger partial charge < -0.3 is 14.6 Å². The number of rotatable bonds is 1. The Morgan fingerprint density at radius 2 is 2.21 bits per heavy atom. The molecule has 1 fully saturated rings. The van der Waals surface area contributed by atoms with Gasteiger partial charge in [-0.1, -0.05) is 0 Å². The zero-order chi connectivity index (χ0) is 13.6. The highest BCUT2D eigenvalue weighted by atomic mass is 16.5. The lowest BCUT2D eigenvalue weighted by atomic mass is 9.87. The van der Waals surface area contributed by atoms with Crippen molar-refractivity contribution in [1.29, 1.82) is 0 Å². The first kappa shape index (κ1) is 12.8. The van der Waals surface area contributed by atoms with Crippen LogP contribution in [0, 0.1) is 0 Å². The molecule has 0 aliphatic carbocycles. The van der Waals surface area contributed by atoms with Crippen molar-refractivity contribution >= 4 is 0 Å². The van der Waals surface area contributed by atoms with Crippen molar-refractivity contribution in [3.63, 3.8) is 0 Å². The highest BCUT2D eigenvalue weighted by molar-refractivity contribution is 5.44. The summed E-state index contributed by atoms with van der Waals surface area (Å²) in [5.74, 6) is 1.55. The predicted molar refractivity (Wildman–Crippen MR) is 72.6 cm³/mol. The molecule has 1 aromatic carbocycles. The van der Waals surface area contributed by atoms with E-state index in [-0.39, 0.29) is 5.60 Å². The Bertz CT molecular complexity index is 478. The molecule has 1 aromatic rings. The van der Waals surface area contributed by atoms with E-state index < -0.39 is 6.10 Å². The number of fused-ring (bicyclic) bond motifs is 1. The second-order valence-electron chi connectivity index (χ2n) is 5.88. The summed E-state index contributed by atoms with van der Waals surface area (Å²) in [6.07, 6.45) is 1.14. The van der Waals surface area contributed by atoms with E-state index in [1.165, 1.54) is 0 Å². The zero-order valence-electron chi connectivity index (χ0n) is 11.7. The molecule has 4 nitrogen and oxygen atoms in total. The largest absolute Gasteiger partial charge is 0.497 e. The van der Waals surface area contributed by atoms with Crippen LogP contribution in [-0.2, 0) is 0 Å². The lowest BCUT2D eigenvalue weighted by Crippen LogP contribution is -2.43. The molecule has 2 unspecified atom stereocenters. The Kier molecular flexibility index (Phi) is 2.95. The first-order valence-electron chi connectivity index (χ1n) is 6.78. The Labute approximate surface area is 113 Å². The number of likely N-dealkylation sites (tertiary alicyclic amines) is 1. The molecule has 1 spiro atoms. The fraction of sp³-hybridized carbons (Fsp3) is 0.600. The molecule has 2 heterocycles. The first-order chi connectivity index (χ1) is 9.03. The standard InChI is InChI=1S/C15H21NO3/c1-10-7-15(9-16(10)2)8-13(17)12-6-11(18-3)4-5-14(12)19-15/h4-6,10,13,17H,7-9H2,1-3H3/t10?,13-,15?/m1/s1. The molecule has 3 rings (SSSR count). The van der Waals surface area contributed by atoms with Gasteiger partial charge in [-0.15, -0.1) is 0 Å². The summed E-state index contributed by atoms with van der Waals surface area (Å²) in [7, 11) is 3.74. The van der Waals surface area contributed by atoms with Crippen LogP contribution >= 0.6 is 0 Å². The van der Waals surface area contributed by atoms with Crippen LogP contribution in [0.3, 0.4) is 0 Å². The van der Waals surface area contributed by atoms with E-state index in [0.717, 1.165) is 30.0 Å². The summed E-state index contributed by atoms with van der Waals surface area (Å²) < 4.78 is 11.4. The van der Waals surface area contributed by atoms with Gasteiger partial charge in [0.25, 0.3) is 0 Å². The summed E-state index contributed by atoms with van der Waals surface area (Å²) in [4.78, 5) is 2.29. The van der Waals surface area contributed by atoms with Crippen LogP contribution in [0.5, 0.6) is 11.5 Å². The summed E-state index contributed by atoms with van der Waals surface area (Å²) in [5.41, 5.74) is 0.599. The number of aliphatic hydroxyl groups excluding tert-OH is 1. The van der Waals surface area contributed by atoms with Crippen molar-refractivity contribution in [3.05, 3.63) is 23.8 Å². The van der Waals surface area contributed by atoms with E-state index in [1.807, 2.05) is 18.2 Å². The molecule has 3 atom stereocenters. The molecule has 19 heavy (non-hydrogen) atoms. The van der Waals surface area contributed by atoms with E-state index in [9.17, 15) is 5.11 Å². The predicted octanol–water partition coefficient (Wildman–Crippen LogP) is 1.97. The SMILES string of the molecule is COc1ccc2c(c1)[C@H](O)CC1(CC(C)N(C)C1)O2. The van der Waals surface area contributed by atoms with Gasteiger partial charge in [0.2, 0.25) is 0 Å². The summed E-state index contributed by atoms with van der Waals surface area (Å²) in [5, 5.41) is 10.4. The molecule has 1 saturated heterocycles. The molecule has 4 heteroatoms. The van der Waals surface area contributed by atoms with Crippen LogP contribution < -0.4 is 9.47 Å². The molecule has 1 N–H and O–H groups in total. The Morgan fingerprint density at radius 3 is 2.84 bits per heavy atom. The number of nitrogens with zero attached hydrogens (tertiary/aromatic N) is 1. The Balaban J connectivity index is 1.92. The van der Waals surface area contributed by atoms with Crippen LogP contribution in [-0.4, -0.2) is 42.4 Å². The lowest BCUT2D eigenvalue weighted by Gasteiger charge is -2.38. The molecule has 2 aliphatic rings. The molecule has 2 aliphatic heterocycles. The van der Waals surface area contributed by atoms with Crippen molar-refractivity contribution < 1.29 is 14.6 Å². The number of methoxy groups -OCH3 is 1. The quantitative estimate of drug-likeness (QED) is 0.841. The number of aliphatic hydroxyl groups is 1. The van der Waals surface area contributed by atoms with Gasteiger partial charge in [-0.25, -0.2) is 0 Å². The van der Waals surface area contributed by atoms with Crippen LogP contribution in [0.1, 0.15) is 31.4 Å². The average molecular weight is 263 g/mol. The monoisotopic (exact) mass is 263 g/mol. The van der Waals surface area contributed by atoms with Gasteiger partial charge in [0, 0.05) is 31.0 Å². The Morgan fingerprint density at radius 1 is 1.42 bits per heavy atom. The third-order valence-corrected chi connectivity index (χ3v) is 4.43. The van der Waals surface area contributed by atoms with E-state index >= 15 is 0 Å². The molecule has 0 amide bonds. The van der Waals surface area contributed by atoms with E-state index in [4.69, 9.17) is 9.47 Å². The molecule has 0 saturated carbocycles. The lowest BCUT2D eigenvalue weighted by molar-refractivity contribution is -0.00624. The van der Waals surface area contributed by atoms with Gasteiger partial charge in [-0.3, -0.25) is 4.90 Å². The summed E-state index contributed by atoms with van der Waals surface area (Å²) in [6.45, 7) is 3.07. The third-order valence-electron chi connectivity index (χ3n) is 4.43. The van der Waals surface area contributed by atoms with Crippen molar-refractivity contribution in [2.75, 3.05) is 20.7 Å². The summed E-state index contributed by atoms with van der Waals surface area (Å²) >= 11 is 0. The maximum Gasteiger partial charge on any atom is 0.126 e. The van der Waals surface area contributed by atoms with Crippen LogP contribution in [0.2, 0.25) is 0 Å². The highest BCUT2D eigenvalue weighted by Gasteiger charge is 2.47. The maximum absolute atomic E-state index is 10.4. The van der Waals surface area contributed by atoms with Gasteiger partial charge in [-0.05, 0) is 32.2 Å². The third kappa shape index (κ3) is 2.09. The fourth-order valence-electron chi connectivity index (χ4n) is 3.34. The van der Waals surface area contributed by atoms with Gasteiger partial charge in [0.1, 0.15) is 17.1 Å². The minimum Gasteiger partial charge on any atom is -0.497 e. The number of hydrogen-bond donors (Lipinski definition) is 1. The van der Waals surface area contributed by atoms with Gasteiger partial charge in [-0.2, -0.15) is 0 Å². The van der Waals surface area contributed by atoms with Crippen molar-refractivity contribution in [3.8, 4) is 11.5 Å². The number of hydrogen-bond acceptors (Lipinski definition) is 4. The second kappa shape index (κ2) is 4.39. The van der Waals surface area contributed by atoms with Crippen LogP contribution in [0.25, 0.3) is 0 Å². The van der Waals surface area contributed by atoms with Crippen molar-refractivity contribution in [1.82, 2.24) is 4.90 Å². The van der Waals surface area contributed by atoms with Gasteiger partial charge in [0.15, 0.2) is 0 Å². The van der Waals surface area contributed by atoms with E-state index in [1.54, 1.807) is 7.11 Å². The Hall–Kier alpha value is -1.26. The molecule has 0 bridgehead atoms. The number of likely N-dealkylation sites (N-methyl/N-ethyl adjacent to an activating group) is 1. The molecule has 104 valence electrons. The average Bonchev–Trinajstić information content (AvgIpc) is 2.63. The van der Waals surface area contributed by atoms with Gasteiger partial charge >= 0.3 is 0 Å². The number of benzene rings is 1.